The standard InChI is InChI=1S/C32H34F2N2O6/c1-7-32(25-10-8-9-11-26(25)33)30(34)29(20(2)37)42-31(35-32)36(18-21-12-14-23(38-3)16-27(21)40-5)19-22-13-15-24(39-4)17-28(22)41-6/h1,8-17,20,29-30,37H,18-19H2,2-6H3. The van der Waals surface area contributed by atoms with Crippen molar-refractivity contribution in [2.45, 2.75) is 43.9 Å². The zero-order chi connectivity index (χ0) is 30.4. The van der Waals surface area contributed by atoms with Crippen molar-refractivity contribution in [3.8, 4) is 35.3 Å². The third-order valence-corrected chi connectivity index (χ3v) is 7.16. The van der Waals surface area contributed by atoms with E-state index in [-0.39, 0.29) is 24.7 Å². The van der Waals surface area contributed by atoms with E-state index in [0.29, 0.717) is 34.1 Å². The highest BCUT2D eigenvalue weighted by molar-refractivity contribution is 5.77. The predicted octanol–water partition coefficient (Wildman–Crippen LogP) is 4.86. The minimum atomic E-state index is -2.12. The molecule has 222 valence electrons. The van der Waals surface area contributed by atoms with Crippen molar-refractivity contribution in [1.82, 2.24) is 4.90 Å². The summed E-state index contributed by atoms with van der Waals surface area (Å²) in [5.41, 5.74) is -0.835. The first-order valence-corrected chi connectivity index (χ1v) is 13.2. The van der Waals surface area contributed by atoms with Gasteiger partial charge in [0.25, 0.3) is 6.02 Å². The van der Waals surface area contributed by atoms with E-state index in [9.17, 15) is 5.11 Å². The lowest BCUT2D eigenvalue weighted by Crippen LogP contribution is -2.55. The minimum absolute atomic E-state index is 0.0910. The molecule has 0 amide bonds. The fourth-order valence-corrected chi connectivity index (χ4v) is 4.88. The van der Waals surface area contributed by atoms with Gasteiger partial charge in [-0.15, -0.1) is 6.42 Å². The zero-order valence-corrected chi connectivity index (χ0v) is 24.1. The number of aliphatic imine (C=N–C) groups is 1. The Bertz CT molecular complexity index is 1420. The maximum Gasteiger partial charge on any atom is 0.290 e. The average Bonchev–Trinajstić information content (AvgIpc) is 3.01. The quantitative estimate of drug-likeness (QED) is 0.343. The van der Waals surface area contributed by atoms with Crippen molar-refractivity contribution < 1.29 is 37.6 Å². The predicted molar refractivity (Wildman–Crippen MR) is 154 cm³/mol. The number of halogens is 2. The number of methoxy groups -OCH3 is 4. The minimum Gasteiger partial charge on any atom is -0.497 e. The molecular formula is C32H34F2N2O6. The van der Waals surface area contributed by atoms with Crippen molar-refractivity contribution in [3.05, 3.63) is 83.2 Å². The van der Waals surface area contributed by atoms with E-state index >= 15 is 8.78 Å². The molecule has 1 N–H and O–H groups in total. The lowest BCUT2D eigenvalue weighted by atomic mass is 9.81. The molecule has 0 bridgehead atoms. The Hall–Kier alpha value is -4.49. The fraction of sp³-hybridized carbons (Fsp3) is 0.344. The Morgan fingerprint density at radius 2 is 1.50 bits per heavy atom. The largest absolute Gasteiger partial charge is 0.497 e. The molecule has 1 heterocycles. The lowest BCUT2D eigenvalue weighted by Gasteiger charge is -2.42. The van der Waals surface area contributed by atoms with Gasteiger partial charge in [0.2, 0.25) is 0 Å². The number of alkyl halides is 1. The molecule has 1 aliphatic rings. The van der Waals surface area contributed by atoms with Crippen LogP contribution in [0.15, 0.2) is 65.7 Å². The SMILES string of the molecule is C#CC1(c2ccccc2F)N=C(N(Cc2ccc(OC)cc2OC)Cc2ccc(OC)cc2OC)OC(C(C)O)C1F. The van der Waals surface area contributed by atoms with E-state index in [4.69, 9.17) is 30.1 Å². The summed E-state index contributed by atoms with van der Waals surface area (Å²) < 4.78 is 59.3. The number of amidine groups is 1. The van der Waals surface area contributed by atoms with Gasteiger partial charge >= 0.3 is 0 Å². The first-order valence-electron chi connectivity index (χ1n) is 13.2. The summed E-state index contributed by atoms with van der Waals surface area (Å²) in [7, 11) is 6.16. The Morgan fingerprint density at radius 1 is 0.952 bits per heavy atom. The van der Waals surface area contributed by atoms with Gasteiger partial charge in [0, 0.05) is 28.8 Å². The first kappa shape index (κ1) is 30.5. The molecule has 0 aromatic heterocycles. The van der Waals surface area contributed by atoms with Crippen LogP contribution in [0.4, 0.5) is 8.78 Å². The van der Waals surface area contributed by atoms with Crippen LogP contribution in [-0.2, 0) is 23.4 Å². The van der Waals surface area contributed by atoms with E-state index in [1.807, 2.05) is 12.1 Å². The Labute approximate surface area is 244 Å². The van der Waals surface area contributed by atoms with E-state index in [2.05, 4.69) is 10.9 Å². The summed E-state index contributed by atoms with van der Waals surface area (Å²) in [6, 6.07) is 16.1. The van der Waals surface area contributed by atoms with Gasteiger partial charge in [-0.2, -0.15) is 0 Å². The van der Waals surface area contributed by atoms with Crippen LogP contribution in [0.1, 0.15) is 23.6 Å². The zero-order valence-electron chi connectivity index (χ0n) is 24.1. The van der Waals surface area contributed by atoms with Crippen LogP contribution < -0.4 is 18.9 Å². The van der Waals surface area contributed by atoms with Crippen molar-refractivity contribution >= 4 is 6.02 Å². The van der Waals surface area contributed by atoms with Gasteiger partial charge in [-0.3, -0.25) is 0 Å². The first-order chi connectivity index (χ1) is 20.2. The number of ether oxygens (including phenoxy) is 5. The van der Waals surface area contributed by atoms with Crippen molar-refractivity contribution in [2.24, 2.45) is 4.99 Å². The molecule has 42 heavy (non-hydrogen) atoms. The van der Waals surface area contributed by atoms with Gasteiger partial charge in [0.05, 0.1) is 47.6 Å². The highest BCUT2D eigenvalue weighted by Gasteiger charge is 2.52. The van der Waals surface area contributed by atoms with Crippen molar-refractivity contribution in [2.75, 3.05) is 28.4 Å². The number of hydrogen-bond acceptors (Lipinski definition) is 8. The van der Waals surface area contributed by atoms with Crippen LogP contribution in [0.5, 0.6) is 23.0 Å². The second-order valence-corrected chi connectivity index (χ2v) is 9.72. The molecule has 8 nitrogen and oxygen atoms in total. The third kappa shape index (κ3) is 5.92. The lowest BCUT2D eigenvalue weighted by molar-refractivity contribution is -0.0533. The maximum absolute atomic E-state index is 16.2. The molecule has 3 aromatic rings. The number of hydrogen-bond donors (Lipinski definition) is 1. The van der Waals surface area contributed by atoms with Crippen LogP contribution in [0.25, 0.3) is 0 Å². The molecular weight excluding hydrogens is 546 g/mol. The summed E-state index contributed by atoms with van der Waals surface area (Å²) in [4.78, 5) is 6.27. The molecule has 0 saturated heterocycles. The average molecular weight is 581 g/mol. The molecule has 0 aliphatic carbocycles. The summed E-state index contributed by atoms with van der Waals surface area (Å²) in [5.74, 6) is 3.88. The highest BCUT2D eigenvalue weighted by atomic mass is 19.1. The molecule has 4 unspecified atom stereocenters. The second-order valence-electron chi connectivity index (χ2n) is 9.72. The number of nitrogens with zero attached hydrogens (tertiary/aromatic N) is 2. The van der Waals surface area contributed by atoms with Crippen LogP contribution in [0.3, 0.4) is 0 Å². The molecule has 4 rings (SSSR count). The molecule has 4 atom stereocenters. The van der Waals surface area contributed by atoms with E-state index < -0.39 is 29.7 Å². The van der Waals surface area contributed by atoms with Crippen LogP contribution in [0.2, 0.25) is 0 Å². The smallest absolute Gasteiger partial charge is 0.290 e. The number of aliphatic hydroxyl groups excluding tert-OH is 1. The monoisotopic (exact) mass is 580 g/mol. The summed E-state index contributed by atoms with van der Waals surface area (Å²) in [5, 5.41) is 10.6. The fourth-order valence-electron chi connectivity index (χ4n) is 4.88. The maximum atomic E-state index is 16.2. The summed E-state index contributed by atoms with van der Waals surface area (Å²) in [6.45, 7) is 1.66. The van der Waals surface area contributed by atoms with Crippen LogP contribution in [-0.4, -0.2) is 62.8 Å². The van der Waals surface area contributed by atoms with Gasteiger partial charge in [-0.1, -0.05) is 24.1 Å². The van der Waals surface area contributed by atoms with E-state index in [0.717, 1.165) is 0 Å². The summed E-state index contributed by atoms with van der Waals surface area (Å²) in [6.07, 6.45) is 1.11. The summed E-state index contributed by atoms with van der Waals surface area (Å²) >= 11 is 0. The molecule has 3 aromatic carbocycles. The molecule has 0 spiro atoms. The van der Waals surface area contributed by atoms with Gasteiger partial charge in [0.1, 0.15) is 28.8 Å². The highest BCUT2D eigenvalue weighted by Crippen LogP contribution is 2.41. The van der Waals surface area contributed by atoms with E-state index in [1.165, 1.54) is 39.3 Å². The Kier molecular flexibility index (Phi) is 9.43. The number of benzene rings is 3. The second kappa shape index (κ2) is 13.0. The van der Waals surface area contributed by atoms with E-state index in [1.54, 1.807) is 49.5 Å². The number of aliphatic hydroxyl groups is 1. The van der Waals surface area contributed by atoms with Crippen LogP contribution >= 0.6 is 0 Å². The topological polar surface area (TPSA) is 82.0 Å². The van der Waals surface area contributed by atoms with Crippen molar-refractivity contribution in [3.63, 3.8) is 0 Å². The molecule has 0 saturated carbocycles. The molecule has 0 fully saturated rings. The Balaban J connectivity index is 1.91. The van der Waals surface area contributed by atoms with Gasteiger partial charge in [-0.25, -0.2) is 13.8 Å². The number of rotatable bonds is 10. The number of terminal acetylenes is 1. The van der Waals surface area contributed by atoms with Crippen LogP contribution in [0, 0.1) is 18.2 Å². The third-order valence-electron chi connectivity index (χ3n) is 7.16. The molecule has 0 radical (unpaired) electrons. The van der Waals surface area contributed by atoms with Gasteiger partial charge in [0.15, 0.2) is 17.8 Å². The van der Waals surface area contributed by atoms with Crippen molar-refractivity contribution in [1.29, 1.82) is 0 Å². The normalized spacial score (nSPS) is 20.4. The van der Waals surface area contributed by atoms with Gasteiger partial charge < -0.3 is 33.7 Å². The Morgan fingerprint density at radius 3 is 1.95 bits per heavy atom. The molecule has 1 aliphatic heterocycles. The van der Waals surface area contributed by atoms with Gasteiger partial charge in [-0.05, 0) is 37.3 Å². The molecule has 10 heteroatoms.